The van der Waals surface area contributed by atoms with Gasteiger partial charge in [-0.2, -0.15) is 0 Å². The van der Waals surface area contributed by atoms with Crippen molar-refractivity contribution in [3.8, 4) is 0 Å². The monoisotopic (exact) mass is 209 g/mol. The number of halogens is 1. The van der Waals surface area contributed by atoms with Crippen LogP contribution in [-0.4, -0.2) is 19.5 Å². The van der Waals surface area contributed by atoms with Crippen LogP contribution < -0.4 is 4.90 Å². The molecule has 0 N–H and O–H groups in total. The predicted molar refractivity (Wildman–Crippen MR) is 62.5 cm³/mol. The van der Waals surface area contributed by atoms with Crippen LogP contribution in [0.4, 0.5) is 5.69 Å². The Bertz CT molecular complexity index is 322. The Morgan fingerprint density at radius 1 is 1.43 bits per heavy atom. The van der Waals surface area contributed by atoms with Crippen LogP contribution >= 0.6 is 11.6 Å². The number of rotatable bonds is 2. The van der Waals surface area contributed by atoms with Gasteiger partial charge in [-0.3, -0.25) is 0 Å². The lowest BCUT2D eigenvalue weighted by Gasteiger charge is -2.27. The van der Waals surface area contributed by atoms with Crippen LogP contribution in [0.2, 0.25) is 0 Å². The van der Waals surface area contributed by atoms with Gasteiger partial charge >= 0.3 is 0 Å². The fourth-order valence-corrected chi connectivity index (χ4v) is 2.32. The van der Waals surface area contributed by atoms with Gasteiger partial charge in [0, 0.05) is 25.2 Å². The molecule has 0 unspecified atom stereocenters. The van der Waals surface area contributed by atoms with E-state index in [2.05, 4.69) is 30.1 Å². The van der Waals surface area contributed by atoms with Crippen molar-refractivity contribution >= 4 is 17.3 Å². The molecule has 0 saturated heterocycles. The third-order valence-corrected chi connectivity index (χ3v) is 3.07. The Hall–Kier alpha value is -0.690. The molecule has 14 heavy (non-hydrogen) atoms. The molecule has 0 aliphatic carbocycles. The summed E-state index contributed by atoms with van der Waals surface area (Å²) in [5.74, 6) is 0.717. The number of alkyl halides is 1. The molecule has 2 rings (SSSR count). The standard InChI is InChI=1S/C12H16ClN/c1-14-8-2-3-11-9-10(6-7-13)4-5-12(11)14/h4-5,9H,2-3,6-8H2,1H3. The van der Waals surface area contributed by atoms with Crippen molar-refractivity contribution < 1.29 is 0 Å². The molecular formula is C12H16ClN. The maximum absolute atomic E-state index is 5.74. The lowest BCUT2D eigenvalue weighted by Crippen LogP contribution is -2.24. The topological polar surface area (TPSA) is 3.24 Å². The Morgan fingerprint density at radius 2 is 2.29 bits per heavy atom. The highest BCUT2D eigenvalue weighted by atomic mass is 35.5. The molecule has 0 amide bonds. The van der Waals surface area contributed by atoms with Gasteiger partial charge in [-0.1, -0.05) is 12.1 Å². The van der Waals surface area contributed by atoms with Gasteiger partial charge in [-0.15, -0.1) is 11.6 Å². The molecule has 0 saturated carbocycles. The summed E-state index contributed by atoms with van der Waals surface area (Å²) >= 11 is 5.74. The molecule has 1 aliphatic rings. The predicted octanol–water partition coefficient (Wildman–Crippen LogP) is 2.85. The van der Waals surface area contributed by atoms with Crippen molar-refractivity contribution in [1.29, 1.82) is 0 Å². The summed E-state index contributed by atoms with van der Waals surface area (Å²) in [6.07, 6.45) is 3.47. The van der Waals surface area contributed by atoms with Crippen molar-refractivity contribution in [3.63, 3.8) is 0 Å². The summed E-state index contributed by atoms with van der Waals surface area (Å²) < 4.78 is 0. The molecule has 0 bridgehead atoms. The lowest BCUT2D eigenvalue weighted by molar-refractivity contribution is 0.743. The maximum atomic E-state index is 5.74. The van der Waals surface area contributed by atoms with Crippen LogP contribution in [0, 0.1) is 0 Å². The highest BCUT2D eigenvalue weighted by Gasteiger charge is 2.13. The van der Waals surface area contributed by atoms with E-state index in [4.69, 9.17) is 11.6 Å². The molecule has 0 spiro atoms. The number of fused-ring (bicyclic) bond motifs is 1. The zero-order valence-electron chi connectivity index (χ0n) is 8.59. The number of hydrogen-bond donors (Lipinski definition) is 0. The first-order valence-electron chi connectivity index (χ1n) is 5.20. The van der Waals surface area contributed by atoms with Crippen molar-refractivity contribution in [1.82, 2.24) is 0 Å². The number of hydrogen-bond acceptors (Lipinski definition) is 1. The second-order valence-corrected chi connectivity index (χ2v) is 4.31. The van der Waals surface area contributed by atoms with Gasteiger partial charge in [0.25, 0.3) is 0 Å². The second kappa shape index (κ2) is 4.22. The van der Waals surface area contributed by atoms with Crippen molar-refractivity contribution in [2.24, 2.45) is 0 Å². The third kappa shape index (κ3) is 1.88. The van der Waals surface area contributed by atoms with Crippen LogP contribution in [0.3, 0.4) is 0 Å². The minimum absolute atomic E-state index is 0.717. The van der Waals surface area contributed by atoms with Crippen molar-refractivity contribution in [2.75, 3.05) is 24.4 Å². The average Bonchev–Trinajstić information content (AvgIpc) is 2.18. The smallest absolute Gasteiger partial charge is 0.0396 e. The van der Waals surface area contributed by atoms with Gasteiger partial charge in [0.2, 0.25) is 0 Å². The molecule has 0 aromatic heterocycles. The minimum atomic E-state index is 0.717. The first-order chi connectivity index (χ1) is 6.81. The Kier molecular flexibility index (Phi) is 2.97. The molecule has 1 aliphatic heterocycles. The van der Waals surface area contributed by atoms with E-state index < -0.39 is 0 Å². The van der Waals surface area contributed by atoms with Crippen LogP contribution in [0.15, 0.2) is 18.2 Å². The fraction of sp³-hybridized carbons (Fsp3) is 0.500. The highest BCUT2D eigenvalue weighted by Crippen LogP contribution is 2.26. The summed E-state index contributed by atoms with van der Waals surface area (Å²) in [6.45, 7) is 1.18. The molecule has 0 radical (unpaired) electrons. The molecule has 1 aromatic rings. The molecule has 1 aromatic carbocycles. The largest absolute Gasteiger partial charge is 0.374 e. The quantitative estimate of drug-likeness (QED) is 0.678. The summed E-state index contributed by atoms with van der Waals surface area (Å²) in [4.78, 5) is 2.34. The number of benzene rings is 1. The third-order valence-electron chi connectivity index (χ3n) is 2.88. The first-order valence-corrected chi connectivity index (χ1v) is 5.73. The molecule has 1 nitrogen and oxygen atoms in total. The normalized spacial score (nSPS) is 15.4. The second-order valence-electron chi connectivity index (χ2n) is 3.93. The molecule has 1 heterocycles. The van der Waals surface area contributed by atoms with E-state index >= 15 is 0 Å². The van der Waals surface area contributed by atoms with Gasteiger partial charge in [-0.05, 0) is 36.5 Å². The van der Waals surface area contributed by atoms with E-state index in [9.17, 15) is 0 Å². The highest BCUT2D eigenvalue weighted by molar-refractivity contribution is 6.17. The minimum Gasteiger partial charge on any atom is -0.374 e. The van der Waals surface area contributed by atoms with E-state index in [0.29, 0.717) is 5.88 Å². The van der Waals surface area contributed by atoms with E-state index in [1.54, 1.807) is 0 Å². The molecular weight excluding hydrogens is 194 g/mol. The van der Waals surface area contributed by atoms with Crippen molar-refractivity contribution in [2.45, 2.75) is 19.3 Å². The molecule has 2 heteroatoms. The molecule has 0 atom stereocenters. The van der Waals surface area contributed by atoms with Gasteiger partial charge in [0.15, 0.2) is 0 Å². The van der Waals surface area contributed by atoms with Crippen molar-refractivity contribution in [3.05, 3.63) is 29.3 Å². The van der Waals surface area contributed by atoms with Crippen LogP contribution in [-0.2, 0) is 12.8 Å². The summed E-state index contributed by atoms with van der Waals surface area (Å²) in [5.41, 5.74) is 4.25. The Labute approximate surface area is 90.7 Å². The zero-order valence-corrected chi connectivity index (χ0v) is 9.35. The van der Waals surface area contributed by atoms with E-state index in [0.717, 1.165) is 6.42 Å². The summed E-state index contributed by atoms with van der Waals surface area (Å²) in [7, 11) is 2.17. The van der Waals surface area contributed by atoms with Gasteiger partial charge < -0.3 is 4.90 Å². The number of nitrogens with zero attached hydrogens (tertiary/aromatic N) is 1. The molecule has 0 fully saturated rings. The summed E-state index contributed by atoms with van der Waals surface area (Å²) in [6, 6.07) is 6.74. The van der Waals surface area contributed by atoms with Gasteiger partial charge in [0.1, 0.15) is 0 Å². The SMILES string of the molecule is CN1CCCc2cc(CCCl)ccc21. The van der Waals surface area contributed by atoms with Crippen LogP contribution in [0.5, 0.6) is 0 Å². The zero-order chi connectivity index (χ0) is 9.97. The number of aryl methyl sites for hydroxylation is 2. The first kappa shape index (κ1) is 9.85. The maximum Gasteiger partial charge on any atom is 0.0396 e. The van der Waals surface area contributed by atoms with E-state index in [-0.39, 0.29) is 0 Å². The fourth-order valence-electron chi connectivity index (χ4n) is 2.10. The van der Waals surface area contributed by atoms with Gasteiger partial charge in [-0.25, -0.2) is 0 Å². The summed E-state index contributed by atoms with van der Waals surface area (Å²) in [5, 5.41) is 0. The number of anilines is 1. The van der Waals surface area contributed by atoms with Crippen LogP contribution in [0.1, 0.15) is 17.5 Å². The Morgan fingerprint density at radius 3 is 3.07 bits per heavy atom. The van der Waals surface area contributed by atoms with Gasteiger partial charge in [0.05, 0.1) is 0 Å². The van der Waals surface area contributed by atoms with E-state index in [1.807, 2.05) is 0 Å². The Balaban J connectivity index is 2.29. The molecule has 76 valence electrons. The van der Waals surface area contributed by atoms with E-state index in [1.165, 1.54) is 36.2 Å². The average molecular weight is 210 g/mol. The lowest BCUT2D eigenvalue weighted by atomic mass is 9.99. The van der Waals surface area contributed by atoms with Crippen LogP contribution in [0.25, 0.3) is 0 Å².